The standard InChI is InChI=1S/C20H16ClN3O/c21-18-6-3-15(4-7-18)5-8-20(25)24-13-16-9-11-23-19(12-16)17-2-1-10-22-14-17/h1-12,14H,13H2,(H,24,25)/b8-5+. The first kappa shape index (κ1) is 16.9. The van der Waals surface area contributed by atoms with E-state index in [0.29, 0.717) is 11.6 Å². The molecule has 0 fully saturated rings. The molecule has 0 aliphatic heterocycles. The van der Waals surface area contributed by atoms with Crippen LogP contribution in [-0.4, -0.2) is 15.9 Å². The highest BCUT2D eigenvalue weighted by molar-refractivity contribution is 6.30. The Hall–Kier alpha value is -2.98. The van der Waals surface area contributed by atoms with E-state index in [1.807, 2.05) is 36.4 Å². The molecule has 0 saturated carbocycles. The van der Waals surface area contributed by atoms with Crippen LogP contribution in [0.25, 0.3) is 17.3 Å². The second kappa shape index (κ2) is 8.22. The SMILES string of the molecule is O=C(/C=C/c1ccc(Cl)cc1)NCc1ccnc(-c2cccnc2)c1. The van der Waals surface area contributed by atoms with Crippen LogP contribution in [0, 0.1) is 0 Å². The van der Waals surface area contributed by atoms with Crippen molar-refractivity contribution in [3.8, 4) is 11.3 Å². The summed E-state index contributed by atoms with van der Waals surface area (Å²) < 4.78 is 0. The lowest BCUT2D eigenvalue weighted by molar-refractivity contribution is -0.116. The van der Waals surface area contributed by atoms with Gasteiger partial charge in [-0.05, 0) is 53.6 Å². The van der Waals surface area contributed by atoms with E-state index in [4.69, 9.17) is 11.6 Å². The number of amides is 1. The van der Waals surface area contributed by atoms with Gasteiger partial charge < -0.3 is 5.32 Å². The van der Waals surface area contributed by atoms with Gasteiger partial charge in [0.05, 0.1) is 5.69 Å². The van der Waals surface area contributed by atoms with Crippen LogP contribution in [-0.2, 0) is 11.3 Å². The third-order valence-electron chi connectivity index (χ3n) is 3.55. The Kier molecular flexibility index (Phi) is 5.54. The number of benzene rings is 1. The second-order valence-corrected chi connectivity index (χ2v) is 5.83. The van der Waals surface area contributed by atoms with Crippen molar-refractivity contribution in [3.63, 3.8) is 0 Å². The first-order chi connectivity index (χ1) is 12.2. The Morgan fingerprint density at radius 2 is 1.96 bits per heavy atom. The van der Waals surface area contributed by atoms with Crippen molar-refractivity contribution < 1.29 is 4.79 Å². The normalized spacial score (nSPS) is 10.8. The minimum atomic E-state index is -0.158. The molecule has 1 amide bonds. The van der Waals surface area contributed by atoms with Gasteiger partial charge >= 0.3 is 0 Å². The summed E-state index contributed by atoms with van der Waals surface area (Å²) in [5.74, 6) is -0.158. The van der Waals surface area contributed by atoms with E-state index in [9.17, 15) is 4.79 Å². The average molecular weight is 350 g/mol. The molecule has 124 valence electrons. The molecule has 5 heteroatoms. The van der Waals surface area contributed by atoms with Gasteiger partial charge in [0, 0.05) is 41.8 Å². The van der Waals surface area contributed by atoms with Gasteiger partial charge in [-0.15, -0.1) is 0 Å². The summed E-state index contributed by atoms with van der Waals surface area (Å²) in [7, 11) is 0. The van der Waals surface area contributed by atoms with E-state index in [2.05, 4.69) is 15.3 Å². The molecule has 0 atom stereocenters. The van der Waals surface area contributed by atoms with Crippen molar-refractivity contribution >= 4 is 23.6 Å². The topological polar surface area (TPSA) is 54.9 Å². The second-order valence-electron chi connectivity index (χ2n) is 5.39. The maximum Gasteiger partial charge on any atom is 0.244 e. The maximum absolute atomic E-state index is 12.0. The summed E-state index contributed by atoms with van der Waals surface area (Å²) in [6.45, 7) is 0.430. The quantitative estimate of drug-likeness (QED) is 0.705. The molecule has 0 aliphatic rings. The number of nitrogens with one attached hydrogen (secondary N) is 1. The van der Waals surface area contributed by atoms with Gasteiger partial charge in [-0.1, -0.05) is 23.7 Å². The number of carbonyl (C=O) groups is 1. The molecule has 3 aromatic rings. The van der Waals surface area contributed by atoms with E-state index in [1.54, 1.807) is 36.8 Å². The fourth-order valence-corrected chi connectivity index (χ4v) is 2.38. The van der Waals surface area contributed by atoms with Crippen molar-refractivity contribution in [3.05, 3.63) is 89.3 Å². The lowest BCUT2D eigenvalue weighted by Crippen LogP contribution is -2.20. The molecule has 0 aliphatic carbocycles. The molecular weight excluding hydrogens is 334 g/mol. The molecule has 0 spiro atoms. The Morgan fingerprint density at radius 1 is 1.12 bits per heavy atom. The van der Waals surface area contributed by atoms with Crippen LogP contribution >= 0.6 is 11.6 Å². The van der Waals surface area contributed by atoms with Gasteiger partial charge in [0.15, 0.2) is 0 Å². The monoisotopic (exact) mass is 349 g/mol. The van der Waals surface area contributed by atoms with Crippen LogP contribution in [0.4, 0.5) is 0 Å². The molecule has 0 saturated heterocycles. The van der Waals surface area contributed by atoms with Crippen LogP contribution in [0.1, 0.15) is 11.1 Å². The number of pyridine rings is 2. The van der Waals surface area contributed by atoms with Crippen LogP contribution < -0.4 is 5.32 Å². The van der Waals surface area contributed by atoms with Crippen molar-refractivity contribution in [2.24, 2.45) is 0 Å². The van der Waals surface area contributed by atoms with Gasteiger partial charge in [0.1, 0.15) is 0 Å². The summed E-state index contributed by atoms with van der Waals surface area (Å²) in [5, 5.41) is 3.53. The predicted octanol–water partition coefficient (Wildman–Crippen LogP) is 4.13. The highest BCUT2D eigenvalue weighted by atomic mass is 35.5. The van der Waals surface area contributed by atoms with E-state index < -0.39 is 0 Å². The smallest absolute Gasteiger partial charge is 0.244 e. The van der Waals surface area contributed by atoms with E-state index in [1.165, 1.54) is 6.08 Å². The minimum Gasteiger partial charge on any atom is -0.348 e. The third kappa shape index (κ3) is 4.99. The molecule has 0 unspecified atom stereocenters. The van der Waals surface area contributed by atoms with Crippen molar-refractivity contribution in [2.75, 3.05) is 0 Å². The molecule has 1 aromatic carbocycles. The van der Waals surface area contributed by atoms with E-state index in [-0.39, 0.29) is 5.91 Å². The van der Waals surface area contributed by atoms with Gasteiger partial charge in [-0.2, -0.15) is 0 Å². The first-order valence-electron chi connectivity index (χ1n) is 7.77. The van der Waals surface area contributed by atoms with Crippen LogP contribution in [0.2, 0.25) is 5.02 Å². The minimum absolute atomic E-state index is 0.158. The molecule has 4 nitrogen and oxygen atoms in total. The maximum atomic E-state index is 12.0. The highest BCUT2D eigenvalue weighted by Crippen LogP contribution is 2.16. The zero-order valence-corrected chi connectivity index (χ0v) is 14.1. The van der Waals surface area contributed by atoms with Gasteiger partial charge in [0.2, 0.25) is 5.91 Å². The van der Waals surface area contributed by atoms with Crippen LogP contribution in [0.3, 0.4) is 0 Å². The van der Waals surface area contributed by atoms with Gasteiger partial charge in [-0.25, -0.2) is 0 Å². The number of hydrogen-bond acceptors (Lipinski definition) is 3. The zero-order valence-electron chi connectivity index (χ0n) is 13.4. The molecule has 0 radical (unpaired) electrons. The number of hydrogen-bond donors (Lipinski definition) is 1. The predicted molar refractivity (Wildman–Crippen MR) is 99.8 cm³/mol. The van der Waals surface area contributed by atoms with E-state index in [0.717, 1.165) is 22.4 Å². The van der Waals surface area contributed by atoms with Crippen LogP contribution in [0.5, 0.6) is 0 Å². The Bertz CT molecular complexity index is 877. The third-order valence-corrected chi connectivity index (χ3v) is 3.80. The molecule has 25 heavy (non-hydrogen) atoms. The molecule has 3 rings (SSSR count). The number of aromatic nitrogens is 2. The van der Waals surface area contributed by atoms with Crippen molar-refractivity contribution in [1.82, 2.24) is 15.3 Å². The van der Waals surface area contributed by atoms with Crippen LogP contribution in [0.15, 0.2) is 73.2 Å². The van der Waals surface area contributed by atoms with Crippen molar-refractivity contribution in [1.29, 1.82) is 0 Å². The largest absolute Gasteiger partial charge is 0.348 e. The molecular formula is C20H16ClN3O. The lowest BCUT2D eigenvalue weighted by Gasteiger charge is -2.05. The number of carbonyl (C=O) groups excluding carboxylic acids is 1. The van der Waals surface area contributed by atoms with E-state index >= 15 is 0 Å². The summed E-state index contributed by atoms with van der Waals surface area (Å²) in [6, 6.07) is 14.9. The fourth-order valence-electron chi connectivity index (χ4n) is 2.25. The number of halogens is 1. The summed E-state index contributed by atoms with van der Waals surface area (Å²) in [6.07, 6.45) is 8.47. The fraction of sp³-hybridized carbons (Fsp3) is 0.0500. The molecule has 2 aromatic heterocycles. The van der Waals surface area contributed by atoms with Crippen molar-refractivity contribution in [2.45, 2.75) is 6.54 Å². The summed E-state index contributed by atoms with van der Waals surface area (Å²) in [4.78, 5) is 20.4. The summed E-state index contributed by atoms with van der Waals surface area (Å²) >= 11 is 5.84. The highest BCUT2D eigenvalue weighted by Gasteiger charge is 2.02. The lowest BCUT2D eigenvalue weighted by atomic mass is 10.1. The molecule has 0 bridgehead atoms. The number of nitrogens with zero attached hydrogens (tertiary/aromatic N) is 2. The Morgan fingerprint density at radius 3 is 2.72 bits per heavy atom. The first-order valence-corrected chi connectivity index (χ1v) is 8.15. The molecule has 1 N–H and O–H groups in total. The molecule has 2 heterocycles. The summed E-state index contributed by atoms with van der Waals surface area (Å²) in [5.41, 5.74) is 3.67. The Balaban J connectivity index is 1.60. The average Bonchev–Trinajstić information content (AvgIpc) is 2.67. The zero-order chi connectivity index (χ0) is 17.5. The van der Waals surface area contributed by atoms with Gasteiger partial charge in [-0.3, -0.25) is 14.8 Å². The number of rotatable bonds is 5. The Labute approximate surface area is 151 Å². The van der Waals surface area contributed by atoms with Gasteiger partial charge in [0.25, 0.3) is 0 Å².